The van der Waals surface area contributed by atoms with Crippen molar-refractivity contribution in [3.8, 4) is 17.2 Å². The van der Waals surface area contributed by atoms with Gasteiger partial charge in [-0.2, -0.15) is 0 Å². The maximum absolute atomic E-state index is 13.6. The SMILES string of the molecule is COc1cc(OC)cc(-n2c(SCc3ccc(F)c(F)c3)nc3ccccc3c2=O)c1. The van der Waals surface area contributed by atoms with Crippen molar-refractivity contribution in [3.05, 3.63) is 88.2 Å². The van der Waals surface area contributed by atoms with Crippen LogP contribution in [0.4, 0.5) is 8.78 Å². The zero-order valence-electron chi connectivity index (χ0n) is 16.8. The number of halogens is 2. The van der Waals surface area contributed by atoms with E-state index < -0.39 is 11.6 Å². The summed E-state index contributed by atoms with van der Waals surface area (Å²) in [6, 6.07) is 15.9. The van der Waals surface area contributed by atoms with Gasteiger partial charge in [0.15, 0.2) is 16.8 Å². The van der Waals surface area contributed by atoms with E-state index in [9.17, 15) is 13.6 Å². The molecule has 0 spiro atoms. The quantitative estimate of drug-likeness (QED) is 0.313. The molecule has 0 aliphatic heterocycles. The molecule has 0 radical (unpaired) electrons. The van der Waals surface area contributed by atoms with Crippen molar-refractivity contribution in [2.45, 2.75) is 10.9 Å². The molecule has 1 heterocycles. The second kappa shape index (κ2) is 8.77. The molecular formula is C23H18F2N2O3S. The lowest BCUT2D eigenvalue weighted by molar-refractivity contribution is 0.394. The Balaban J connectivity index is 1.86. The molecule has 4 aromatic rings. The van der Waals surface area contributed by atoms with Gasteiger partial charge < -0.3 is 9.47 Å². The first kappa shape index (κ1) is 20.9. The smallest absolute Gasteiger partial charge is 0.266 e. The van der Waals surface area contributed by atoms with Gasteiger partial charge in [-0.25, -0.2) is 13.8 Å². The number of hydrogen-bond acceptors (Lipinski definition) is 5. The molecule has 0 N–H and O–H groups in total. The Labute approximate surface area is 181 Å². The summed E-state index contributed by atoms with van der Waals surface area (Å²) in [4.78, 5) is 18.0. The van der Waals surface area contributed by atoms with Crippen LogP contribution in [0.15, 0.2) is 70.6 Å². The lowest BCUT2D eigenvalue weighted by atomic mass is 10.2. The van der Waals surface area contributed by atoms with Crippen LogP contribution in [0.5, 0.6) is 11.5 Å². The molecule has 1 aromatic heterocycles. The van der Waals surface area contributed by atoms with Crippen molar-refractivity contribution in [1.29, 1.82) is 0 Å². The second-order valence-corrected chi connectivity index (χ2v) is 7.60. The molecule has 158 valence electrons. The maximum Gasteiger partial charge on any atom is 0.266 e. The number of para-hydroxylation sites is 1. The van der Waals surface area contributed by atoms with Crippen LogP contribution >= 0.6 is 11.8 Å². The van der Waals surface area contributed by atoms with Gasteiger partial charge in [0.2, 0.25) is 0 Å². The zero-order valence-corrected chi connectivity index (χ0v) is 17.6. The van der Waals surface area contributed by atoms with Gasteiger partial charge >= 0.3 is 0 Å². The average Bonchev–Trinajstić information content (AvgIpc) is 2.79. The Morgan fingerprint density at radius 3 is 2.32 bits per heavy atom. The Hall–Kier alpha value is -3.39. The monoisotopic (exact) mass is 440 g/mol. The number of fused-ring (bicyclic) bond motifs is 1. The highest BCUT2D eigenvalue weighted by Crippen LogP contribution is 2.29. The molecule has 0 aliphatic carbocycles. The highest BCUT2D eigenvalue weighted by atomic mass is 32.2. The number of methoxy groups -OCH3 is 2. The highest BCUT2D eigenvalue weighted by Gasteiger charge is 2.16. The van der Waals surface area contributed by atoms with E-state index in [0.29, 0.717) is 44.6 Å². The van der Waals surface area contributed by atoms with Crippen LogP contribution in [0.25, 0.3) is 16.6 Å². The van der Waals surface area contributed by atoms with E-state index in [1.807, 2.05) is 0 Å². The molecule has 3 aromatic carbocycles. The van der Waals surface area contributed by atoms with E-state index in [4.69, 9.17) is 9.47 Å². The number of benzene rings is 3. The van der Waals surface area contributed by atoms with E-state index in [0.717, 1.165) is 12.1 Å². The molecule has 0 saturated heterocycles. The third-order valence-electron chi connectivity index (χ3n) is 4.69. The summed E-state index contributed by atoms with van der Waals surface area (Å²) < 4.78 is 39.0. The molecule has 0 saturated carbocycles. The van der Waals surface area contributed by atoms with E-state index in [2.05, 4.69) is 4.98 Å². The van der Waals surface area contributed by atoms with Gasteiger partial charge in [0.1, 0.15) is 11.5 Å². The standard InChI is InChI=1S/C23H18F2N2O3S/c1-29-16-10-15(11-17(12-16)30-2)27-22(28)18-5-3-4-6-21(18)26-23(27)31-13-14-7-8-19(24)20(25)9-14/h3-12H,13H2,1-2H3. The van der Waals surface area contributed by atoms with E-state index in [1.54, 1.807) is 42.5 Å². The van der Waals surface area contributed by atoms with Crippen molar-refractivity contribution >= 4 is 22.7 Å². The fraction of sp³-hybridized carbons (Fsp3) is 0.130. The summed E-state index contributed by atoms with van der Waals surface area (Å²) in [5.74, 6) is -0.488. The number of rotatable bonds is 6. The summed E-state index contributed by atoms with van der Waals surface area (Å²) in [7, 11) is 3.05. The van der Waals surface area contributed by atoms with Gasteiger partial charge in [0.25, 0.3) is 5.56 Å². The Morgan fingerprint density at radius 2 is 1.65 bits per heavy atom. The minimum absolute atomic E-state index is 0.256. The number of thioether (sulfide) groups is 1. The van der Waals surface area contributed by atoms with Crippen LogP contribution in [0.1, 0.15) is 5.56 Å². The molecule has 0 aliphatic rings. The minimum Gasteiger partial charge on any atom is -0.497 e. The third kappa shape index (κ3) is 4.25. The molecule has 8 heteroatoms. The number of aromatic nitrogens is 2. The summed E-state index contributed by atoms with van der Waals surface area (Å²) >= 11 is 1.25. The summed E-state index contributed by atoms with van der Waals surface area (Å²) in [6.07, 6.45) is 0. The van der Waals surface area contributed by atoms with Gasteiger partial charge in [-0.15, -0.1) is 0 Å². The topological polar surface area (TPSA) is 53.4 Å². The van der Waals surface area contributed by atoms with Crippen molar-refractivity contribution in [3.63, 3.8) is 0 Å². The summed E-state index contributed by atoms with van der Waals surface area (Å²) in [6.45, 7) is 0. The Bertz CT molecular complexity index is 1300. The minimum atomic E-state index is -0.917. The normalized spacial score (nSPS) is 11.0. The molecule has 4 rings (SSSR count). The van der Waals surface area contributed by atoms with Crippen molar-refractivity contribution in [1.82, 2.24) is 9.55 Å². The predicted octanol–water partition coefficient (Wildman–Crippen LogP) is 4.97. The van der Waals surface area contributed by atoms with Crippen LogP contribution < -0.4 is 15.0 Å². The fourth-order valence-corrected chi connectivity index (χ4v) is 4.09. The summed E-state index contributed by atoms with van der Waals surface area (Å²) in [5.41, 5.74) is 1.38. The molecule has 0 unspecified atom stereocenters. The van der Waals surface area contributed by atoms with Crippen LogP contribution in [-0.2, 0) is 5.75 Å². The van der Waals surface area contributed by atoms with Gasteiger partial charge in [-0.1, -0.05) is 30.0 Å². The van der Waals surface area contributed by atoms with Crippen LogP contribution in [0, 0.1) is 11.6 Å². The number of hydrogen-bond donors (Lipinski definition) is 0. The average molecular weight is 440 g/mol. The molecule has 31 heavy (non-hydrogen) atoms. The molecule has 0 amide bonds. The third-order valence-corrected chi connectivity index (χ3v) is 5.70. The van der Waals surface area contributed by atoms with Gasteiger partial charge in [-0.3, -0.25) is 9.36 Å². The van der Waals surface area contributed by atoms with Crippen LogP contribution in [0.3, 0.4) is 0 Å². The maximum atomic E-state index is 13.6. The predicted molar refractivity (Wildman–Crippen MR) is 116 cm³/mol. The Morgan fingerprint density at radius 1 is 0.935 bits per heavy atom. The number of nitrogens with zero attached hydrogens (tertiary/aromatic N) is 2. The van der Waals surface area contributed by atoms with E-state index >= 15 is 0 Å². The van der Waals surface area contributed by atoms with E-state index in [-0.39, 0.29) is 5.56 Å². The lowest BCUT2D eigenvalue weighted by Crippen LogP contribution is -2.22. The van der Waals surface area contributed by atoms with Gasteiger partial charge in [-0.05, 0) is 29.8 Å². The lowest BCUT2D eigenvalue weighted by Gasteiger charge is -2.15. The van der Waals surface area contributed by atoms with Gasteiger partial charge in [0.05, 0.1) is 30.8 Å². The fourth-order valence-electron chi connectivity index (χ4n) is 3.14. The summed E-state index contributed by atoms with van der Waals surface area (Å²) in [5, 5.41) is 0.866. The molecule has 0 atom stereocenters. The second-order valence-electron chi connectivity index (χ2n) is 6.66. The zero-order chi connectivity index (χ0) is 22.0. The molecular weight excluding hydrogens is 422 g/mol. The van der Waals surface area contributed by atoms with Crippen LogP contribution in [0.2, 0.25) is 0 Å². The van der Waals surface area contributed by atoms with Crippen molar-refractivity contribution in [2.24, 2.45) is 0 Å². The van der Waals surface area contributed by atoms with Crippen LogP contribution in [-0.4, -0.2) is 23.8 Å². The molecule has 0 bridgehead atoms. The van der Waals surface area contributed by atoms with Crippen molar-refractivity contribution in [2.75, 3.05) is 14.2 Å². The molecule has 5 nitrogen and oxygen atoms in total. The molecule has 0 fully saturated rings. The first-order chi connectivity index (χ1) is 15.0. The first-order valence-electron chi connectivity index (χ1n) is 9.32. The van der Waals surface area contributed by atoms with E-state index in [1.165, 1.54) is 36.6 Å². The van der Waals surface area contributed by atoms with Crippen molar-refractivity contribution < 1.29 is 18.3 Å². The largest absolute Gasteiger partial charge is 0.497 e. The number of ether oxygens (including phenoxy) is 2. The Kier molecular flexibility index (Phi) is 5.90. The van der Waals surface area contributed by atoms with Gasteiger partial charge in [0, 0.05) is 24.0 Å². The first-order valence-corrected chi connectivity index (χ1v) is 10.3. The highest BCUT2D eigenvalue weighted by molar-refractivity contribution is 7.98.